The van der Waals surface area contributed by atoms with Crippen LogP contribution in [0.25, 0.3) is 5.69 Å². The van der Waals surface area contributed by atoms with Crippen LogP contribution >= 0.6 is 35.1 Å². The van der Waals surface area contributed by atoms with Crippen molar-refractivity contribution < 1.29 is 13.6 Å². The number of amides is 1. The molecule has 0 bridgehead atoms. The molecule has 1 aliphatic heterocycles. The van der Waals surface area contributed by atoms with Gasteiger partial charge in [0.1, 0.15) is 11.6 Å². The molecule has 1 aromatic heterocycles. The van der Waals surface area contributed by atoms with Crippen LogP contribution < -0.4 is 10.9 Å². The Kier molecular flexibility index (Phi) is 6.12. The Hall–Kier alpha value is -2.36. The number of aromatic nitrogens is 2. The largest absolute Gasteiger partial charge is 0.323 e. The van der Waals surface area contributed by atoms with E-state index in [0.29, 0.717) is 38.9 Å². The Bertz CT molecular complexity index is 1190. The van der Waals surface area contributed by atoms with E-state index >= 15 is 0 Å². The molecule has 5 nitrogen and oxygen atoms in total. The maximum absolute atomic E-state index is 13.8. The Morgan fingerprint density at radius 2 is 2.00 bits per heavy atom. The number of aryl methyl sites for hydroxylation is 1. The molecule has 2 aromatic carbocycles. The first-order chi connectivity index (χ1) is 14.4. The monoisotopic (exact) mass is 465 g/mol. The van der Waals surface area contributed by atoms with Crippen LogP contribution in [0.15, 0.2) is 57.3 Å². The Labute approximate surface area is 183 Å². The predicted octanol–water partition coefficient (Wildman–Crippen LogP) is 4.54. The van der Waals surface area contributed by atoms with Gasteiger partial charge in [0.05, 0.1) is 27.7 Å². The zero-order chi connectivity index (χ0) is 21.3. The van der Waals surface area contributed by atoms with Gasteiger partial charge in [0, 0.05) is 23.3 Å². The molecule has 0 saturated carbocycles. The van der Waals surface area contributed by atoms with Gasteiger partial charge in [-0.25, -0.2) is 13.8 Å². The number of carbonyl (C=O) groups is 1. The third kappa shape index (κ3) is 4.38. The van der Waals surface area contributed by atoms with Gasteiger partial charge in [-0.2, -0.15) is 0 Å². The van der Waals surface area contributed by atoms with Gasteiger partial charge in [0.15, 0.2) is 5.16 Å². The lowest BCUT2D eigenvalue weighted by Gasteiger charge is -2.14. The molecule has 2 heterocycles. The van der Waals surface area contributed by atoms with Crippen molar-refractivity contribution in [1.82, 2.24) is 9.55 Å². The molecule has 0 saturated heterocycles. The number of hydrogen-bond donors (Lipinski definition) is 1. The van der Waals surface area contributed by atoms with Gasteiger partial charge < -0.3 is 5.32 Å². The normalized spacial score (nSPS) is 12.6. The van der Waals surface area contributed by atoms with Gasteiger partial charge in [0.2, 0.25) is 5.91 Å². The van der Waals surface area contributed by atoms with Gasteiger partial charge in [-0.3, -0.25) is 14.2 Å². The molecule has 0 unspecified atom stereocenters. The number of carbonyl (C=O) groups excluding carboxylic acids is 1. The van der Waals surface area contributed by atoms with Gasteiger partial charge >= 0.3 is 0 Å². The van der Waals surface area contributed by atoms with Crippen molar-refractivity contribution >= 4 is 46.7 Å². The molecule has 1 aliphatic rings. The molecule has 1 N–H and O–H groups in total. The molecule has 0 spiro atoms. The van der Waals surface area contributed by atoms with Crippen LogP contribution in [-0.2, 0) is 11.2 Å². The molecule has 3 aromatic rings. The van der Waals surface area contributed by atoms with E-state index in [2.05, 4.69) is 10.3 Å². The Morgan fingerprint density at radius 3 is 2.73 bits per heavy atom. The van der Waals surface area contributed by atoms with Crippen molar-refractivity contribution in [2.45, 2.75) is 16.5 Å². The summed E-state index contributed by atoms with van der Waals surface area (Å²) < 4.78 is 28.2. The summed E-state index contributed by atoms with van der Waals surface area (Å²) >= 11 is 8.48. The number of fused-ring (bicyclic) bond motifs is 1. The molecular formula is C20H14ClF2N3O2S2. The lowest BCUT2D eigenvalue weighted by Crippen LogP contribution is -2.24. The molecule has 0 fully saturated rings. The molecule has 30 heavy (non-hydrogen) atoms. The highest BCUT2D eigenvalue weighted by molar-refractivity contribution is 8.00. The van der Waals surface area contributed by atoms with Crippen LogP contribution in [0.1, 0.15) is 5.69 Å². The highest BCUT2D eigenvalue weighted by Crippen LogP contribution is 2.30. The fourth-order valence-electron chi connectivity index (χ4n) is 2.91. The summed E-state index contributed by atoms with van der Waals surface area (Å²) in [6, 6.07) is 9.65. The van der Waals surface area contributed by atoms with Crippen LogP contribution in [0.2, 0.25) is 5.02 Å². The van der Waals surface area contributed by atoms with E-state index in [9.17, 15) is 18.4 Å². The Balaban J connectivity index is 1.60. The van der Waals surface area contributed by atoms with Crippen molar-refractivity contribution in [3.8, 4) is 5.69 Å². The van der Waals surface area contributed by atoms with Crippen molar-refractivity contribution in [3.05, 3.63) is 75.2 Å². The van der Waals surface area contributed by atoms with Crippen molar-refractivity contribution in [2.75, 3.05) is 16.8 Å². The smallest absolute Gasteiger partial charge is 0.272 e. The standard InChI is InChI=1S/C20H14ClF2N3O2S2/c21-11-1-4-13(5-2-11)26-19(28)18-16(7-8-29-18)25-20(26)30-10-17(27)24-15-6-3-12(22)9-14(15)23/h1-6,9H,7-8,10H2,(H,24,27). The quantitative estimate of drug-likeness (QED) is 0.442. The van der Waals surface area contributed by atoms with E-state index in [4.69, 9.17) is 11.6 Å². The number of rotatable bonds is 5. The summed E-state index contributed by atoms with van der Waals surface area (Å²) in [6.07, 6.45) is 0.678. The number of benzene rings is 2. The molecule has 0 radical (unpaired) electrons. The summed E-state index contributed by atoms with van der Waals surface area (Å²) in [5.41, 5.74) is 0.982. The van der Waals surface area contributed by atoms with E-state index in [1.54, 1.807) is 24.3 Å². The van der Waals surface area contributed by atoms with E-state index in [1.165, 1.54) is 16.3 Å². The maximum atomic E-state index is 13.8. The molecule has 4 rings (SSSR count). The van der Waals surface area contributed by atoms with Crippen LogP contribution in [0.4, 0.5) is 14.5 Å². The zero-order valence-electron chi connectivity index (χ0n) is 15.3. The summed E-state index contributed by atoms with van der Waals surface area (Å²) in [5.74, 6) is -1.43. The SMILES string of the molecule is O=C(CSc1nc2c(c(=O)n1-c1ccc(Cl)cc1)SCC2)Nc1ccc(F)cc1F. The predicted molar refractivity (Wildman–Crippen MR) is 115 cm³/mol. The van der Waals surface area contributed by atoms with Crippen LogP contribution in [-0.4, -0.2) is 27.0 Å². The topological polar surface area (TPSA) is 64.0 Å². The third-order valence-electron chi connectivity index (χ3n) is 4.29. The molecule has 1 amide bonds. The molecular weight excluding hydrogens is 452 g/mol. The average Bonchev–Trinajstić information content (AvgIpc) is 3.19. The first kappa shape index (κ1) is 20.9. The van der Waals surface area contributed by atoms with Crippen LogP contribution in [0.3, 0.4) is 0 Å². The number of halogens is 3. The maximum Gasteiger partial charge on any atom is 0.272 e. The fraction of sp³-hybridized carbons (Fsp3) is 0.150. The van der Waals surface area contributed by atoms with Crippen molar-refractivity contribution in [1.29, 1.82) is 0 Å². The second-order valence-corrected chi connectivity index (χ2v) is 8.83. The number of hydrogen-bond acceptors (Lipinski definition) is 5. The molecule has 10 heteroatoms. The minimum atomic E-state index is -0.862. The Morgan fingerprint density at radius 1 is 1.23 bits per heavy atom. The van der Waals surface area contributed by atoms with Crippen molar-refractivity contribution in [2.24, 2.45) is 0 Å². The minimum absolute atomic E-state index is 0.108. The van der Waals surface area contributed by atoms with E-state index in [1.807, 2.05) is 0 Å². The minimum Gasteiger partial charge on any atom is -0.323 e. The molecule has 0 atom stereocenters. The van der Waals surface area contributed by atoms with E-state index in [-0.39, 0.29) is 17.0 Å². The number of nitrogens with zero attached hydrogens (tertiary/aromatic N) is 2. The second-order valence-electron chi connectivity index (χ2n) is 6.35. The summed E-state index contributed by atoms with van der Waals surface area (Å²) in [5, 5.41) is 3.30. The molecule has 154 valence electrons. The highest BCUT2D eigenvalue weighted by Gasteiger charge is 2.23. The van der Waals surface area contributed by atoms with E-state index < -0.39 is 17.5 Å². The summed E-state index contributed by atoms with van der Waals surface area (Å²) in [7, 11) is 0. The number of anilines is 1. The highest BCUT2D eigenvalue weighted by atomic mass is 35.5. The molecule has 0 aliphatic carbocycles. The second kappa shape index (κ2) is 8.79. The first-order valence-electron chi connectivity index (χ1n) is 8.85. The van der Waals surface area contributed by atoms with Crippen molar-refractivity contribution in [3.63, 3.8) is 0 Å². The average molecular weight is 466 g/mol. The van der Waals surface area contributed by atoms with Gasteiger partial charge in [-0.15, -0.1) is 11.8 Å². The summed E-state index contributed by atoms with van der Waals surface area (Å²) in [6.45, 7) is 0. The summed E-state index contributed by atoms with van der Waals surface area (Å²) in [4.78, 5) is 30.5. The number of nitrogens with one attached hydrogen (secondary N) is 1. The van der Waals surface area contributed by atoms with Gasteiger partial charge in [-0.1, -0.05) is 23.4 Å². The van der Waals surface area contributed by atoms with Gasteiger partial charge in [0.25, 0.3) is 5.56 Å². The zero-order valence-corrected chi connectivity index (χ0v) is 17.7. The fourth-order valence-corrected chi connectivity index (χ4v) is 4.89. The third-order valence-corrected chi connectivity index (χ3v) is 6.59. The number of thioether (sulfide) groups is 2. The lowest BCUT2D eigenvalue weighted by atomic mass is 10.3. The lowest BCUT2D eigenvalue weighted by molar-refractivity contribution is -0.113. The van der Waals surface area contributed by atoms with E-state index in [0.717, 1.165) is 29.6 Å². The first-order valence-corrected chi connectivity index (χ1v) is 11.2. The van der Waals surface area contributed by atoms with Crippen LogP contribution in [0, 0.1) is 11.6 Å². The van der Waals surface area contributed by atoms with Gasteiger partial charge in [-0.05, 0) is 36.4 Å². The van der Waals surface area contributed by atoms with Crippen LogP contribution in [0.5, 0.6) is 0 Å².